The molecule has 12 heteroatoms. The second-order valence-electron chi connectivity index (χ2n) is 15.5. The first-order valence-electron chi connectivity index (χ1n) is 19.7. The molecule has 2 saturated heterocycles. The van der Waals surface area contributed by atoms with Crippen LogP contribution in [0.4, 0.5) is 9.59 Å². The Hall–Kier alpha value is -6.43. The van der Waals surface area contributed by atoms with Crippen molar-refractivity contribution in [3.8, 4) is 11.1 Å². The van der Waals surface area contributed by atoms with Gasteiger partial charge in [0.05, 0.1) is 41.3 Å². The van der Waals surface area contributed by atoms with Gasteiger partial charge in [0.15, 0.2) is 0 Å². The van der Waals surface area contributed by atoms with Crippen molar-refractivity contribution in [1.82, 2.24) is 35.1 Å². The number of ether oxygens (including phenoxy) is 2. The van der Waals surface area contributed by atoms with E-state index in [-0.39, 0.29) is 36.6 Å². The van der Waals surface area contributed by atoms with Crippen molar-refractivity contribution in [2.75, 3.05) is 20.2 Å². The zero-order chi connectivity index (χ0) is 39.2. The molecule has 3 atom stereocenters. The molecule has 0 spiro atoms. The third kappa shape index (κ3) is 6.79. The fourth-order valence-electron chi connectivity index (χ4n) is 8.58. The number of hydrogen-bond donors (Lipinski definition) is 3. The lowest BCUT2D eigenvalue weighted by Crippen LogP contribution is -2.51. The minimum Gasteiger partial charge on any atom is -0.453 e. The Labute approximate surface area is 329 Å². The maximum absolute atomic E-state index is 13.7. The van der Waals surface area contributed by atoms with Gasteiger partial charge in [-0.1, -0.05) is 80.6 Å². The molecule has 3 amide bonds. The highest BCUT2D eigenvalue weighted by Crippen LogP contribution is 2.37. The Morgan fingerprint density at radius 2 is 1.32 bits per heavy atom. The van der Waals surface area contributed by atoms with Gasteiger partial charge in [-0.15, -0.1) is 0 Å². The first-order chi connectivity index (χ1) is 27.7. The number of rotatable bonds is 8. The summed E-state index contributed by atoms with van der Waals surface area (Å²) >= 11 is 0. The van der Waals surface area contributed by atoms with Crippen molar-refractivity contribution >= 4 is 61.7 Å². The summed E-state index contributed by atoms with van der Waals surface area (Å²) in [6.07, 6.45) is 2.41. The number of carbonyl (C=O) groups excluding carboxylic acids is 3. The SMILES string of the molecule is COC(=O)N[C@H](C(=O)N1CCC[C@H]1c1nc2c(ccc3cc(-c4ccc5c(ccc6[nH]c([C@@H]7CCCN7C(=O)OCc7ccccc7)nc65)c4)ccc32)[nH]1)C(C)C. The lowest BCUT2D eigenvalue weighted by Gasteiger charge is -2.29. The van der Waals surface area contributed by atoms with Gasteiger partial charge < -0.3 is 29.7 Å². The maximum atomic E-state index is 13.7. The van der Waals surface area contributed by atoms with E-state index in [0.717, 1.165) is 97.6 Å². The predicted molar refractivity (Wildman–Crippen MR) is 219 cm³/mol. The smallest absolute Gasteiger partial charge is 0.410 e. The van der Waals surface area contributed by atoms with E-state index in [1.54, 1.807) is 4.90 Å². The molecule has 2 aliphatic rings. The molecule has 7 aromatic rings. The van der Waals surface area contributed by atoms with Gasteiger partial charge in [-0.2, -0.15) is 0 Å². The van der Waals surface area contributed by atoms with E-state index in [0.29, 0.717) is 13.1 Å². The fraction of sp³-hybridized carbons (Fsp3) is 0.311. The molecule has 12 nitrogen and oxygen atoms in total. The summed E-state index contributed by atoms with van der Waals surface area (Å²) in [4.78, 5) is 59.7. The Balaban J connectivity index is 0.956. The molecule has 2 aliphatic heterocycles. The number of imidazole rings is 2. The summed E-state index contributed by atoms with van der Waals surface area (Å²) in [6, 6.07) is 29.9. The minimum absolute atomic E-state index is 0.105. The Kier molecular flexibility index (Phi) is 9.47. The largest absolute Gasteiger partial charge is 0.453 e. The van der Waals surface area contributed by atoms with Gasteiger partial charge >= 0.3 is 12.2 Å². The van der Waals surface area contributed by atoms with Gasteiger partial charge in [0.25, 0.3) is 0 Å². The van der Waals surface area contributed by atoms with E-state index in [1.165, 1.54) is 7.11 Å². The Morgan fingerprint density at radius 3 is 1.88 bits per heavy atom. The van der Waals surface area contributed by atoms with Crippen LogP contribution >= 0.6 is 0 Å². The summed E-state index contributed by atoms with van der Waals surface area (Å²) in [5.74, 6) is 1.29. The molecule has 0 unspecified atom stereocenters. The molecule has 0 aliphatic carbocycles. The number of alkyl carbamates (subject to hydrolysis) is 1. The number of carbonyl (C=O) groups is 3. The van der Waals surface area contributed by atoms with Crippen LogP contribution in [0, 0.1) is 5.92 Å². The van der Waals surface area contributed by atoms with E-state index < -0.39 is 12.1 Å². The van der Waals surface area contributed by atoms with Crippen molar-refractivity contribution in [2.24, 2.45) is 5.92 Å². The number of likely N-dealkylation sites (tertiary alicyclic amines) is 2. The maximum Gasteiger partial charge on any atom is 0.410 e. The molecule has 3 N–H and O–H groups in total. The summed E-state index contributed by atoms with van der Waals surface area (Å²) in [6.45, 7) is 5.30. The second kappa shape index (κ2) is 14.9. The van der Waals surface area contributed by atoms with E-state index in [1.807, 2.05) is 49.1 Å². The number of aromatic nitrogens is 4. The van der Waals surface area contributed by atoms with Crippen LogP contribution in [0.3, 0.4) is 0 Å². The van der Waals surface area contributed by atoms with E-state index in [2.05, 4.69) is 75.9 Å². The van der Waals surface area contributed by atoms with Crippen LogP contribution in [0.2, 0.25) is 0 Å². The predicted octanol–water partition coefficient (Wildman–Crippen LogP) is 8.93. The molecule has 5 aromatic carbocycles. The number of aromatic amines is 2. The number of methoxy groups -OCH3 is 1. The third-order valence-corrected chi connectivity index (χ3v) is 11.6. The van der Waals surface area contributed by atoms with Gasteiger partial charge in [0.1, 0.15) is 24.3 Å². The zero-order valence-corrected chi connectivity index (χ0v) is 32.2. The summed E-state index contributed by atoms with van der Waals surface area (Å²) in [5, 5.41) is 6.93. The summed E-state index contributed by atoms with van der Waals surface area (Å²) in [5.41, 5.74) is 6.73. The van der Waals surface area contributed by atoms with Crippen LogP contribution < -0.4 is 5.32 Å². The van der Waals surface area contributed by atoms with Crippen LogP contribution in [-0.4, -0.2) is 74.1 Å². The number of hydrogen-bond acceptors (Lipinski definition) is 7. The first kappa shape index (κ1) is 36.2. The van der Waals surface area contributed by atoms with Crippen molar-refractivity contribution in [3.05, 3.63) is 108 Å². The van der Waals surface area contributed by atoms with Crippen LogP contribution in [0.15, 0.2) is 91.0 Å². The Morgan fingerprint density at radius 1 is 0.754 bits per heavy atom. The molecule has 0 radical (unpaired) electrons. The topological polar surface area (TPSA) is 146 Å². The number of benzene rings is 5. The first-order valence-corrected chi connectivity index (χ1v) is 19.7. The molecule has 290 valence electrons. The van der Waals surface area contributed by atoms with E-state index in [9.17, 15) is 14.4 Å². The lowest BCUT2D eigenvalue weighted by atomic mass is 9.98. The number of H-pyrrole nitrogens is 2. The highest BCUT2D eigenvalue weighted by molar-refractivity contribution is 6.07. The minimum atomic E-state index is -0.689. The third-order valence-electron chi connectivity index (χ3n) is 11.6. The molecule has 57 heavy (non-hydrogen) atoms. The average Bonchev–Trinajstić information content (AvgIpc) is 4.07. The summed E-state index contributed by atoms with van der Waals surface area (Å²) < 4.78 is 10.5. The highest BCUT2D eigenvalue weighted by Gasteiger charge is 2.38. The second-order valence-corrected chi connectivity index (χ2v) is 15.5. The van der Waals surface area contributed by atoms with Gasteiger partial charge in [-0.3, -0.25) is 9.69 Å². The molecule has 2 fully saturated rings. The number of nitrogens with one attached hydrogen (secondary N) is 3. The van der Waals surface area contributed by atoms with Crippen molar-refractivity contribution in [1.29, 1.82) is 0 Å². The average molecular weight is 764 g/mol. The number of nitrogens with zero attached hydrogens (tertiary/aromatic N) is 4. The number of fused-ring (bicyclic) bond motifs is 6. The van der Waals surface area contributed by atoms with Crippen LogP contribution in [0.5, 0.6) is 0 Å². The molecule has 0 bridgehead atoms. The van der Waals surface area contributed by atoms with E-state index >= 15 is 0 Å². The lowest BCUT2D eigenvalue weighted by molar-refractivity contribution is -0.135. The van der Waals surface area contributed by atoms with Gasteiger partial charge in [-0.05, 0) is 83.3 Å². The monoisotopic (exact) mass is 763 g/mol. The quantitative estimate of drug-likeness (QED) is 0.140. The van der Waals surface area contributed by atoms with Gasteiger partial charge in [0.2, 0.25) is 5.91 Å². The van der Waals surface area contributed by atoms with Crippen molar-refractivity contribution in [3.63, 3.8) is 0 Å². The van der Waals surface area contributed by atoms with Crippen LogP contribution in [0.25, 0.3) is 54.7 Å². The Bertz CT molecular complexity index is 2650. The van der Waals surface area contributed by atoms with Crippen LogP contribution in [-0.2, 0) is 20.9 Å². The molecular formula is C45H45N7O5. The molecular weight excluding hydrogens is 719 g/mol. The fourth-order valence-corrected chi connectivity index (χ4v) is 8.58. The molecule has 0 saturated carbocycles. The standard InChI is InChI=1S/C45H45N7O5/c1-26(2)38(50-44(54)56-3)43(53)51-21-7-11-36(51)41-46-34-19-15-30-23-28(13-17-32(30)39(34)48-41)29-14-18-33-31(24-29)16-20-35-40(33)49-42(47-35)37-12-8-22-52(37)45(55)57-25-27-9-5-4-6-10-27/h4-6,9-10,13-20,23-24,26,36-38H,7-8,11-12,21-22,25H2,1-3H3,(H,46,48)(H,47,49)(H,50,54)/t36-,37-,38-/m0/s1. The van der Waals surface area contributed by atoms with E-state index in [4.69, 9.17) is 19.4 Å². The van der Waals surface area contributed by atoms with Gasteiger partial charge in [0, 0.05) is 23.9 Å². The van der Waals surface area contributed by atoms with Gasteiger partial charge in [-0.25, -0.2) is 19.6 Å². The molecule has 2 aromatic heterocycles. The van der Waals surface area contributed by atoms with Crippen LogP contribution in [0.1, 0.15) is 68.8 Å². The molecule has 4 heterocycles. The number of amides is 3. The van der Waals surface area contributed by atoms with Crippen molar-refractivity contribution < 1.29 is 23.9 Å². The zero-order valence-electron chi connectivity index (χ0n) is 32.2. The normalized spacial score (nSPS) is 17.6. The molecule has 9 rings (SSSR count). The van der Waals surface area contributed by atoms with Crippen molar-refractivity contribution in [2.45, 2.75) is 64.3 Å². The highest BCUT2D eigenvalue weighted by atomic mass is 16.6. The summed E-state index contributed by atoms with van der Waals surface area (Å²) in [7, 11) is 1.30.